The fraction of sp³-hybridized carbons (Fsp3) is 0.273. The lowest BCUT2D eigenvalue weighted by atomic mass is 10.1. The van der Waals surface area contributed by atoms with Crippen molar-refractivity contribution in [2.24, 2.45) is 0 Å². The smallest absolute Gasteiger partial charge is 0.330 e. The van der Waals surface area contributed by atoms with Crippen molar-refractivity contribution in [3.05, 3.63) is 127 Å². The van der Waals surface area contributed by atoms with E-state index >= 15 is 0 Å². The number of ether oxygens (including phenoxy) is 2. The van der Waals surface area contributed by atoms with Gasteiger partial charge in [-0.3, -0.25) is 28.8 Å². The second-order valence-corrected chi connectivity index (χ2v) is 16.3. The maximum Gasteiger partial charge on any atom is 0.330 e. The number of aromatic nitrogens is 2. The number of H-pyrrole nitrogens is 1. The maximum atomic E-state index is 13.7. The first-order valence-corrected chi connectivity index (χ1v) is 17.4. The third-order valence-corrected chi connectivity index (χ3v) is 12.4. The quantitative estimate of drug-likeness (QED) is 0.168. The number of hydrogen-bond acceptors (Lipinski definition) is 7. The Labute approximate surface area is 274 Å². The van der Waals surface area contributed by atoms with Gasteiger partial charge in [-0.2, -0.15) is 0 Å². The number of benzene rings is 3. The number of aromatic amines is 1. The average molecular weight is 738 g/mol. The zero-order chi connectivity index (χ0) is 31.9. The van der Waals surface area contributed by atoms with Crippen LogP contribution in [0.4, 0.5) is 0 Å². The number of rotatable bonds is 8. The molecule has 232 valence electrons. The number of hydrogen-bond donors (Lipinski definition) is 1. The molecule has 2 amide bonds. The van der Waals surface area contributed by atoms with Gasteiger partial charge in [-0.25, -0.2) is 4.79 Å². The Morgan fingerprint density at radius 1 is 0.889 bits per heavy atom. The van der Waals surface area contributed by atoms with Gasteiger partial charge in [0.2, 0.25) is 0 Å². The first kappa shape index (κ1) is 31.3. The van der Waals surface area contributed by atoms with Crippen LogP contribution in [-0.4, -0.2) is 59.6 Å². The minimum atomic E-state index is -2.62. The molecular weight excluding hydrogens is 705 g/mol. The van der Waals surface area contributed by atoms with E-state index in [2.05, 4.69) is 4.98 Å². The van der Waals surface area contributed by atoms with E-state index in [1.807, 2.05) is 104 Å². The number of nitrogens with zero attached hydrogens (tertiary/aromatic N) is 2. The summed E-state index contributed by atoms with van der Waals surface area (Å²) in [4.78, 5) is 61.8. The van der Waals surface area contributed by atoms with Gasteiger partial charge in [-0.05, 0) is 55.5 Å². The molecular formula is C33H32IN3O7Si. The van der Waals surface area contributed by atoms with Crippen LogP contribution in [0.2, 0.25) is 0 Å². The molecule has 0 spiro atoms. The lowest BCUT2D eigenvalue weighted by molar-refractivity contribution is -0.169. The number of amides is 2. The molecule has 1 saturated heterocycles. The maximum absolute atomic E-state index is 13.7. The fourth-order valence-electron chi connectivity index (χ4n) is 6.00. The summed E-state index contributed by atoms with van der Waals surface area (Å²) in [6, 6.07) is 26.2. The summed E-state index contributed by atoms with van der Waals surface area (Å²) < 4.78 is 15.0. The summed E-state index contributed by atoms with van der Waals surface area (Å²) in [5.74, 6) is -1.14. The molecule has 3 heterocycles. The van der Waals surface area contributed by atoms with Gasteiger partial charge in [0, 0.05) is 12.6 Å². The van der Waals surface area contributed by atoms with Gasteiger partial charge in [-0.15, -0.1) is 5.06 Å². The van der Waals surface area contributed by atoms with Gasteiger partial charge in [0.1, 0.15) is 17.6 Å². The average Bonchev–Trinajstić information content (AvgIpc) is 3.50. The molecule has 0 saturated carbocycles. The van der Waals surface area contributed by atoms with Crippen LogP contribution in [-0.2, 0) is 19.7 Å². The molecule has 2 aliphatic rings. The number of nitrogens with one attached hydrogen (secondary N) is 1. The zero-order valence-electron chi connectivity index (χ0n) is 24.9. The highest BCUT2D eigenvalue weighted by Gasteiger charge is 2.57. The molecule has 45 heavy (non-hydrogen) atoms. The Hall–Kier alpha value is -3.69. The Kier molecular flexibility index (Phi) is 8.52. The summed E-state index contributed by atoms with van der Waals surface area (Å²) in [7, 11) is -2.62. The summed E-state index contributed by atoms with van der Waals surface area (Å²) in [5.41, 5.74) is -1.19. The number of carbonyl (C=O) groups is 2. The van der Waals surface area contributed by atoms with Crippen molar-refractivity contribution in [1.29, 1.82) is 0 Å². The van der Waals surface area contributed by atoms with E-state index < -0.39 is 55.0 Å². The van der Waals surface area contributed by atoms with Gasteiger partial charge in [0.25, 0.3) is 17.4 Å². The van der Waals surface area contributed by atoms with Gasteiger partial charge in [0.15, 0.2) is 8.80 Å². The summed E-state index contributed by atoms with van der Waals surface area (Å²) in [6.07, 6.45) is -0.0815. The topological polar surface area (TPSA) is 120 Å². The molecule has 3 atom stereocenters. The van der Waals surface area contributed by atoms with Crippen LogP contribution >= 0.6 is 22.6 Å². The van der Waals surface area contributed by atoms with Crippen LogP contribution in [0.15, 0.2) is 101 Å². The van der Waals surface area contributed by atoms with E-state index in [9.17, 15) is 19.2 Å². The van der Waals surface area contributed by atoms with Crippen LogP contribution < -0.4 is 21.6 Å². The lowest BCUT2D eigenvalue weighted by Gasteiger charge is -2.38. The van der Waals surface area contributed by atoms with Crippen molar-refractivity contribution in [3.63, 3.8) is 0 Å². The molecule has 1 N–H and O–H groups in total. The van der Waals surface area contributed by atoms with Crippen molar-refractivity contribution in [2.75, 3.05) is 6.61 Å². The van der Waals surface area contributed by atoms with Crippen LogP contribution in [0, 0.1) is 3.57 Å². The number of hydroxylamine groups is 2. The predicted octanol–water partition coefficient (Wildman–Crippen LogP) is 2.58. The summed E-state index contributed by atoms with van der Waals surface area (Å²) >= 11 is 1.90. The van der Waals surface area contributed by atoms with Gasteiger partial charge >= 0.3 is 5.69 Å². The Morgan fingerprint density at radius 2 is 1.42 bits per heavy atom. The number of carbonyl (C=O) groups excluding carboxylic acids is 2. The third kappa shape index (κ3) is 6.00. The highest BCUT2D eigenvalue weighted by molar-refractivity contribution is 14.1. The molecule has 0 bridgehead atoms. The highest BCUT2D eigenvalue weighted by Crippen LogP contribution is 2.40. The van der Waals surface area contributed by atoms with Crippen LogP contribution in [0.25, 0.3) is 0 Å². The van der Waals surface area contributed by atoms with Gasteiger partial charge in [-0.1, -0.05) is 83.2 Å². The molecule has 10 nitrogen and oxygen atoms in total. The Morgan fingerprint density at radius 3 is 1.96 bits per heavy atom. The molecule has 1 fully saturated rings. The number of halogens is 1. The van der Waals surface area contributed by atoms with E-state index in [-0.39, 0.29) is 24.2 Å². The van der Waals surface area contributed by atoms with Crippen LogP contribution in [0.5, 0.6) is 0 Å². The second-order valence-electron chi connectivity index (χ2n) is 12.1. The number of imide groups is 1. The first-order valence-electron chi connectivity index (χ1n) is 14.6. The highest BCUT2D eigenvalue weighted by atomic mass is 127. The van der Waals surface area contributed by atoms with Crippen molar-refractivity contribution in [1.82, 2.24) is 14.6 Å². The molecule has 3 aromatic carbocycles. The Balaban J connectivity index is 1.53. The lowest BCUT2D eigenvalue weighted by Crippen LogP contribution is -2.64. The van der Waals surface area contributed by atoms with Crippen molar-refractivity contribution in [2.45, 2.75) is 50.3 Å². The van der Waals surface area contributed by atoms with E-state index in [0.717, 1.165) is 15.4 Å². The van der Waals surface area contributed by atoms with E-state index in [1.165, 1.54) is 10.8 Å². The van der Waals surface area contributed by atoms with E-state index in [0.29, 0.717) is 3.57 Å². The molecule has 12 heteroatoms. The summed E-state index contributed by atoms with van der Waals surface area (Å²) in [5, 5.41) is 1.40. The molecule has 2 aliphatic heterocycles. The van der Waals surface area contributed by atoms with E-state index in [4.69, 9.17) is 14.3 Å². The standard InChI is InChI=1S/C33H32IN3O7Si/c1-32(2,3)42-20-27-26(44-37-29(39)23-16-10-11-17-24(23)30(37)40)18-33(43-27,36-19-25(34)28(38)35-31(36)41)45(21-12-6-4-7-13-21)22-14-8-5-9-15-22/h4-17,19,26-27,45H,18,20H2,1-3H3,(H,35,38,41)/t26-,27+,33-/m0/s1. The molecule has 6 rings (SSSR count). The normalized spacial score (nSPS) is 21.5. The minimum Gasteiger partial charge on any atom is -0.373 e. The van der Waals surface area contributed by atoms with E-state index in [1.54, 1.807) is 24.3 Å². The van der Waals surface area contributed by atoms with Gasteiger partial charge < -0.3 is 9.47 Å². The number of fused-ring (bicyclic) bond motifs is 1. The molecule has 4 aromatic rings. The predicted molar refractivity (Wildman–Crippen MR) is 178 cm³/mol. The molecule has 1 aromatic heterocycles. The fourth-order valence-corrected chi connectivity index (χ4v) is 10.3. The second kappa shape index (κ2) is 12.2. The van der Waals surface area contributed by atoms with Crippen molar-refractivity contribution >= 4 is 53.6 Å². The monoisotopic (exact) mass is 737 g/mol. The third-order valence-electron chi connectivity index (χ3n) is 7.97. The SMILES string of the molecule is CC(C)(C)OC[C@H]1O[C@](n2cc(I)c(=O)[nH]c2=O)([SiH](c2ccccc2)c2ccccc2)C[C@@H]1ON1C(=O)c2ccccc2C1=O. The molecule has 0 radical (unpaired) electrons. The van der Waals surface area contributed by atoms with Crippen LogP contribution in [0.3, 0.4) is 0 Å². The van der Waals surface area contributed by atoms with Crippen molar-refractivity contribution < 1.29 is 23.9 Å². The largest absolute Gasteiger partial charge is 0.373 e. The van der Waals surface area contributed by atoms with Crippen molar-refractivity contribution in [3.8, 4) is 0 Å². The minimum absolute atomic E-state index is 0.0545. The van der Waals surface area contributed by atoms with Crippen LogP contribution in [0.1, 0.15) is 47.9 Å². The first-order chi connectivity index (χ1) is 21.5. The summed E-state index contributed by atoms with van der Waals surface area (Å²) in [6.45, 7) is 5.79. The molecule has 0 unspecified atom stereocenters. The Bertz CT molecular complexity index is 1780. The van der Waals surface area contributed by atoms with Gasteiger partial charge in [0.05, 0.1) is 26.9 Å². The molecule has 0 aliphatic carbocycles. The zero-order valence-corrected chi connectivity index (χ0v) is 28.2.